The average Bonchev–Trinajstić information content (AvgIpc) is 3.14. The Bertz CT molecular complexity index is 1310. The minimum atomic E-state index is -4.48. The second-order valence-corrected chi connectivity index (χ2v) is 8.38. The van der Waals surface area contributed by atoms with Crippen molar-refractivity contribution >= 4 is 17.8 Å². The van der Waals surface area contributed by atoms with Gasteiger partial charge in [-0.3, -0.25) is 4.79 Å². The van der Waals surface area contributed by atoms with Crippen molar-refractivity contribution in [1.29, 1.82) is 0 Å². The zero-order valence-electron chi connectivity index (χ0n) is 19.7. The van der Waals surface area contributed by atoms with Gasteiger partial charge in [-0.25, -0.2) is 4.79 Å². The van der Waals surface area contributed by atoms with E-state index in [1.165, 1.54) is 18.2 Å². The predicted molar refractivity (Wildman–Crippen MR) is 126 cm³/mol. The predicted octanol–water partition coefficient (Wildman–Crippen LogP) is 5.40. The largest absolute Gasteiger partial charge is 0.486 e. The van der Waals surface area contributed by atoms with Crippen LogP contribution in [0.25, 0.3) is 6.08 Å². The molecule has 36 heavy (non-hydrogen) atoms. The van der Waals surface area contributed by atoms with Gasteiger partial charge in [-0.15, -0.1) is 0 Å². The van der Waals surface area contributed by atoms with Gasteiger partial charge in [0.05, 0.1) is 12.1 Å². The maximum absolute atomic E-state index is 12.8. The third-order valence-electron chi connectivity index (χ3n) is 5.80. The van der Waals surface area contributed by atoms with Crippen LogP contribution >= 0.6 is 0 Å². The first kappa shape index (κ1) is 25.1. The van der Waals surface area contributed by atoms with Crippen LogP contribution in [0.15, 0.2) is 60.7 Å². The Morgan fingerprint density at radius 1 is 1.08 bits per heavy atom. The SMILES string of the molecule is Cc1cc(C(=O)COC(=O)/C=C/c2cccc(C(F)(F)F)c2)c(C)n1CC1COc2ccccc2O1. The molecule has 0 spiro atoms. The lowest BCUT2D eigenvalue weighted by atomic mass is 10.1. The molecule has 0 fully saturated rings. The minimum Gasteiger partial charge on any atom is -0.486 e. The number of hydrogen-bond acceptors (Lipinski definition) is 5. The number of aryl methyl sites for hydroxylation is 1. The molecule has 1 unspecified atom stereocenters. The highest BCUT2D eigenvalue weighted by atomic mass is 19.4. The second kappa shape index (κ2) is 10.3. The van der Waals surface area contributed by atoms with Gasteiger partial charge in [0.25, 0.3) is 0 Å². The van der Waals surface area contributed by atoms with Gasteiger partial charge in [0, 0.05) is 23.0 Å². The third-order valence-corrected chi connectivity index (χ3v) is 5.80. The van der Waals surface area contributed by atoms with Gasteiger partial charge in [0.15, 0.2) is 24.2 Å². The van der Waals surface area contributed by atoms with Gasteiger partial charge < -0.3 is 18.8 Å². The molecule has 4 rings (SSSR count). The molecule has 1 aliphatic rings. The Hall–Kier alpha value is -4.01. The molecular formula is C27H24F3NO5. The number of benzene rings is 2. The molecule has 0 amide bonds. The Morgan fingerprint density at radius 3 is 2.58 bits per heavy atom. The van der Waals surface area contributed by atoms with E-state index in [0.29, 0.717) is 35.9 Å². The summed E-state index contributed by atoms with van der Waals surface area (Å²) in [6, 6.07) is 13.7. The summed E-state index contributed by atoms with van der Waals surface area (Å²) in [4.78, 5) is 24.8. The van der Waals surface area contributed by atoms with Crippen LogP contribution in [0.2, 0.25) is 0 Å². The van der Waals surface area contributed by atoms with Crippen LogP contribution < -0.4 is 9.47 Å². The smallest absolute Gasteiger partial charge is 0.416 e. The number of halogens is 3. The summed E-state index contributed by atoms with van der Waals surface area (Å²) in [5, 5.41) is 0. The fraction of sp³-hybridized carbons (Fsp3) is 0.259. The molecule has 0 saturated carbocycles. The van der Waals surface area contributed by atoms with Crippen molar-refractivity contribution in [2.75, 3.05) is 13.2 Å². The van der Waals surface area contributed by atoms with E-state index >= 15 is 0 Å². The number of alkyl halides is 3. The van der Waals surface area contributed by atoms with Crippen molar-refractivity contribution in [2.45, 2.75) is 32.7 Å². The van der Waals surface area contributed by atoms with Crippen molar-refractivity contribution < 1.29 is 37.0 Å². The molecule has 1 atom stereocenters. The highest BCUT2D eigenvalue weighted by Crippen LogP contribution is 2.32. The first-order chi connectivity index (χ1) is 17.1. The van der Waals surface area contributed by atoms with Crippen molar-refractivity contribution in [3.63, 3.8) is 0 Å². The number of aromatic nitrogens is 1. The summed E-state index contributed by atoms with van der Waals surface area (Å²) >= 11 is 0. The number of esters is 1. The summed E-state index contributed by atoms with van der Waals surface area (Å²) < 4.78 is 57.2. The molecular weight excluding hydrogens is 475 g/mol. The molecule has 9 heteroatoms. The first-order valence-corrected chi connectivity index (χ1v) is 11.2. The van der Waals surface area contributed by atoms with Gasteiger partial charge in [-0.05, 0) is 55.8 Å². The summed E-state index contributed by atoms with van der Waals surface area (Å²) in [6.45, 7) is 4.01. The van der Waals surface area contributed by atoms with E-state index in [1.807, 2.05) is 35.8 Å². The van der Waals surface area contributed by atoms with Crippen LogP contribution in [0, 0.1) is 13.8 Å². The molecule has 1 aliphatic heterocycles. The van der Waals surface area contributed by atoms with E-state index in [1.54, 1.807) is 13.0 Å². The number of hydrogen-bond donors (Lipinski definition) is 0. The number of ketones is 1. The Kier molecular flexibility index (Phi) is 7.19. The number of Topliss-reactive ketones (excluding diaryl/α,β-unsaturated/α-hetero) is 1. The van der Waals surface area contributed by atoms with E-state index in [4.69, 9.17) is 14.2 Å². The molecule has 6 nitrogen and oxygen atoms in total. The second-order valence-electron chi connectivity index (χ2n) is 8.38. The molecule has 188 valence electrons. The van der Waals surface area contributed by atoms with Crippen LogP contribution in [-0.2, 0) is 22.3 Å². The minimum absolute atomic E-state index is 0.188. The number of rotatable bonds is 7. The van der Waals surface area contributed by atoms with Gasteiger partial charge in [-0.1, -0.05) is 24.3 Å². The van der Waals surface area contributed by atoms with Crippen LogP contribution in [-0.4, -0.2) is 35.6 Å². The highest BCUT2D eigenvalue weighted by Gasteiger charge is 2.30. The lowest BCUT2D eigenvalue weighted by Crippen LogP contribution is -2.33. The van der Waals surface area contributed by atoms with Crippen molar-refractivity contribution in [3.8, 4) is 11.5 Å². The van der Waals surface area contributed by atoms with Crippen molar-refractivity contribution in [1.82, 2.24) is 4.57 Å². The molecule has 0 saturated heterocycles. The number of carbonyl (C=O) groups excluding carboxylic acids is 2. The van der Waals surface area contributed by atoms with Crippen LogP contribution in [0.1, 0.15) is 32.9 Å². The number of ether oxygens (including phenoxy) is 3. The average molecular weight is 499 g/mol. The monoisotopic (exact) mass is 499 g/mol. The van der Waals surface area contributed by atoms with Crippen molar-refractivity contribution in [3.05, 3.63) is 88.8 Å². The van der Waals surface area contributed by atoms with Gasteiger partial charge >= 0.3 is 12.1 Å². The summed E-state index contributed by atoms with van der Waals surface area (Å²) in [6.07, 6.45) is -2.53. The van der Waals surface area contributed by atoms with Crippen LogP contribution in [0.3, 0.4) is 0 Å². The molecule has 3 aromatic rings. The highest BCUT2D eigenvalue weighted by molar-refractivity contribution is 6.00. The third kappa shape index (κ3) is 5.79. The van der Waals surface area contributed by atoms with E-state index in [2.05, 4.69) is 0 Å². The van der Waals surface area contributed by atoms with Gasteiger partial charge in [0.1, 0.15) is 6.61 Å². The maximum Gasteiger partial charge on any atom is 0.416 e. The standard InChI is InChI=1S/C27H24F3NO5/c1-17-12-22(18(2)31(17)14-21-15-34-24-8-3-4-9-25(24)36-21)23(32)16-35-26(33)11-10-19-6-5-7-20(13-19)27(28,29)30/h3-13,21H,14-16H2,1-2H3/b11-10+. The Labute approximate surface area is 205 Å². The van der Waals surface area contributed by atoms with Gasteiger partial charge in [-0.2, -0.15) is 13.2 Å². The van der Waals surface area contributed by atoms with Gasteiger partial charge in [0.2, 0.25) is 5.78 Å². The van der Waals surface area contributed by atoms with E-state index in [0.717, 1.165) is 23.9 Å². The number of fused-ring (bicyclic) bond motifs is 1. The quantitative estimate of drug-likeness (QED) is 0.247. The lowest BCUT2D eigenvalue weighted by molar-refractivity contribution is -0.138. The topological polar surface area (TPSA) is 66.8 Å². The lowest BCUT2D eigenvalue weighted by Gasteiger charge is -2.27. The number of carbonyl (C=O) groups is 2. The molecule has 1 aromatic heterocycles. The zero-order chi connectivity index (χ0) is 25.9. The zero-order valence-corrected chi connectivity index (χ0v) is 19.7. The molecule has 0 aliphatic carbocycles. The summed E-state index contributed by atoms with van der Waals surface area (Å²) in [5.74, 6) is 0.134. The molecule has 0 bridgehead atoms. The molecule has 0 N–H and O–H groups in total. The van der Waals surface area contributed by atoms with E-state index in [-0.39, 0.29) is 17.5 Å². The fourth-order valence-electron chi connectivity index (χ4n) is 3.97. The number of nitrogens with zero attached hydrogens (tertiary/aromatic N) is 1. The van der Waals surface area contributed by atoms with E-state index < -0.39 is 24.3 Å². The molecule has 2 heterocycles. The number of para-hydroxylation sites is 2. The first-order valence-electron chi connectivity index (χ1n) is 11.2. The Morgan fingerprint density at radius 2 is 1.83 bits per heavy atom. The van der Waals surface area contributed by atoms with Crippen LogP contribution in [0.4, 0.5) is 13.2 Å². The van der Waals surface area contributed by atoms with Crippen LogP contribution in [0.5, 0.6) is 11.5 Å². The Balaban J connectivity index is 1.35. The molecule has 0 radical (unpaired) electrons. The fourth-order valence-corrected chi connectivity index (χ4v) is 3.97. The summed E-state index contributed by atoms with van der Waals surface area (Å²) in [5.41, 5.74) is 1.33. The van der Waals surface area contributed by atoms with Crippen molar-refractivity contribution in [2.24, 2.45) is 0 Å². The normalized spacial score (nSPS) is 15.2. The maximum atomic E-state index is 12.8. The summed E-state index contributed by atoms with van der Waals surface area (Å²) in [7, 11) is 0. The molecule has 2 aromatic carbocycles. The van der Waals surface area contributed by atoms with E-state index in [9.17, 15) is 22.8 Å².